The number of sulfonamides is 1. The van der Waals surface area contributed by atoms with Crippen molar-refractivity contribution in [3.05, 3.63) is 69.2 Å². The van der Waals surface area contributed by atoms with Crippen LogP contribution >= 0.6 is 15.9 Å². The highest BCUT2D eigenvalue weighted by molar-refractivity contribution is 9.10. The Labute approximate surface area is 274 Å². The van der Waals surface area contributed by atoms with Crippen molar-refractivity contribution in [3.63, 3.8) is 0 Å². The van der Waals surface area contributed by atoms with Crippen LogP contribution in [0.4, 0.5) is 11.4 Å². The number of rotatable bonds is 11. The minimum Gasteiger partial charge on any atom is -0.379 e. The Kier molecular flexibility index (Phi) is 9.58. The van der Waals surface area contributed by atoms with Gasteiger partial charge in [0.1, 0.15) is 5.69 Å². The molecule has 0 spiro atoms. The van der Waals surface area contributed by atoms with E-state index in [0.29, 0.717) is 25.9 Å². The number of hydrogen-bond donors (Lipinski definition) is 1. The van der Waals surface area contributed by atoms with Crippen molar-refractivity contribution < 1.29 is 17.9 Å². The molecule has 10 nitrogen and oxygen atoms in total. The Balaban J connectivity index is 1.19. The van der Waals surface area contributed by atoms with Crippen LogP contribution in [-0.2, 0) is 21.2 Å². The quantitative estimate of drug-likeness (QED) is 0.279. The zero-order valence-electron chi connectivity index (χ0n) is 26.2. The van der Waals surface area contributed by atoms with Gasteiger partial charge in [-0.05, 0) is 74.3 Å². The minimum absolute atomic E-state index is 0.00667. The smallest absolute Gasteiger partial charge is 0.213 e. The van der Waals surface area contributed by atoms with E-state index >= 15 is 0 Å². The zero-order chi connectivity index (χ0) is 31.7. The highest BCUT2D eigenvalue weighted by atomic mass is 79.9. The van der Waals surface area contributed by atoms with Gasteiger partial charge < -0.3 is 14.6 Å². The van der Waals surface area contributed by atoms with Crippen LogP contribution in [0, 0.1) is 13.8 Å². The molecule has 0 aliphatic carbocycles. The molecule has 0 radical (unpaired) electrons. The van der Waals surface area contributed by atoms with Crippen molar-refractivity contribution in [2.75, 3.05) is 57.0 Å². The summed E-state index contributed by atoms with van der Waals surface area (Å²) in [5.74, 6) is 0.272. The van der Waals surface area contributed by atoms with E-state index in [1.54, 1.807) is 17.4 Å². The Morgan fingerprint density at radius 3 is 2.73 bits per heavy atom. The van der Waals surface area contributed by atoms with Gasteiger partial charge in [0, 0.05) is 79.5 Å². The number of aliphatic imine (C=N–C) groups is 1. The lowest BCUT2D eigenvalue weighted by Gasteiger charge is -2.26. The maximum atomic E-state index is 13.1. The molecule has 6 rings (SSSR count). The number of morpholine rings is 1. The van der Waals surface area contributed by atoms with Crippen molar-refractivity contribution in [2.24, 2.45) is 4.99 Å². The highest BCUT2D eigenvalue weighted by Crippen LogP contribution is 2.41. The molecule has 2 aromatic heterocycles. The van der Waals surface area contributed by atoms with Gasteiger partial charge >= 0.3 is 0 Å². The average molecular weight is 698 g/mol. The van der Waals surface area contributed by atoms with Gasteiger partial charge in [-0.1, -0.05) is 12.1 Å². The van der Waals surface area contributed by atoms with E-state index < -0.39 is 10.0 Å². The molecular weight excluding hydrogens is 656 g/mol. The van der Waals surface area contributed by atoms with Crippen LogP contribution in [-0.4, -0.2) is 96.4 Å². The second kappa shape index (κ2) is 13.4. The van der Waals surface area contributed by atoms with Gasteiger partial charge in [0.25, 0.3) is 0 Å². The van der Waals surface area contributed by atoms with Crippen molar-refractivity contribution in [2.45, 2.75) is 52.5 Å². The number of pyridine rings is 1. The number of benzene rings is 1. The summed E-state index contributed by atoms with van der Waals surface area (Å²) in [6.07, 6.45) is 4.49. The Morgan fingerprint density at radius 1 is 1.16 bits per heavy atom. The van der Waals surface area contributed by atoms with Crippen LogP contribution in [0.3, 0.4) is 0 Å². The zero-order valence-corrected chi connectivity index (χ0v) is 28.6. The predicted octanol–water partition coefficient (Wildman–Crippen LogP) is 5.06. The Bertz CT molecular complexity index is 1730. The van der Waals surface area contributed by atoms with Gasteiger partial charge in [0.05, 0.1) is 40.5 Å². The van der Waals surface area contributed by atoms with Gasteiger partial charge in [-0.2, -0.15) is 4.31 Å². The third-order valence-corrected chi connectivity index (χ3v) is 11.5. The van der Waals surface area contributed by atoms with E-state index in [2.05, 4.69) is 55.6 Å². The third-order valence-electron chi connectivity index (χ3n) is 9.07. The first-order valence-corrected chi connectivity index (χ1v) is 18.2. The summed E-state index contributed by atoms with van der Waals surface area (Å²) >= 11 is 3.65. The first-order valence-electron chi connectivity index (χ1n) is 15.8. The largest absolute Gasteiger partial charge is 0.379 e. The molecule has 3 aromatic rings. The summed E-state index contributed by atoms with van der Waals surface area (Å²) in [5, 5.41) is 3.57. The summed E-state index contributed by atoms with van der Waals surface area (Å²) in [7, 11) is -3.22. The number of halogens is 1. The van der Waals surface area contributed by atoms with Gasteiger partial charge in [-0.15, -0.1) is 0 Å². The summed E-state index contributed by atoms with van der Waals surface area (Å²) in [6, 6.07) is 10.1. The molecular formula is C33H41BrN6O4S. The number of Topliss-reactive ketones (excluding diaryl/α,β-unsaturated/α-hetero) is 1. The number of carbonyl (C=O) groups is 1. The number of nitrogens with zero attached hydrogens (tertiary/aromatic N) is 5. The van der Waals surface area contributed by atoms with Gasteiger partial charge in [-0.3, -0.25) is 14.7 Å². The van der Waals surface area contributed by atoms with Crippen LogP contribution in [0.5, 0.6) is 0 Å². The number of fused-ring (bicyclic) bond motifs is 1. The predicted molar refractivity (Wildman–Crippen MR) is 181 cm³/mol. The molecule has 3 aliphatic rings. The van der Waals surface area contributed by atoms with Gasteiger partial charge in [0.2, 0.25) is 10.0 Å². The summed E-state index contributed by atoms with van der Waals surface area (Å²) in [4.78, 5) is 25.3. The van der Waals surface area contributed by atoms with Gasteiger partial charge in [0.15, 0.2) is 5.78 Å². The molecule has 0 bridgehead atoms. The molecule has 1 N–H and O–H groups in total. The number of nitrogens with one attached hydrogen (secondary N) is 1. The molecule has 0 saturated carbocycles. The fourth-order valence-electron chi connectivity index (χ4n) is 6.58. The normalized spacial score (nSPS) is 19.1. The number of anilines is 1. The standard InChI is InChI=1S/C33H41BrN6O4S/c1-4-45(42,43)39-12-10-25(21-39)36-32-28(34)20-35-30-19-29(37-33(30)32)27-17-22(2)40(23(27)3)26-8-5-7-24(18-26)31(41)9-6-11-38-13-15-44-16-14-38/h5,7-8,17-18,20,25H,4,6,9-16,19,21H2,1-3H3,(H,35,36). The monoisotopic (exact) mass is 696 g/mol. The van der Waals surface area contributed by atoms with Crippen LogP contribution in [0.1, 0.15) is 59.2 Å². The van der Waals surface area contributed by atoms with E-state index in [0.717, 1.165) is 101 Å². The van der Waals surface area contributed by atoms with Crippen molar-refractivity contribution >= 4 is 48.8 Å². The Hall–Kier alpha value is -2.90. The van der Waals surface area contributed by atoms with E-state index in [1.165, 1.54) is 0 Å². The number of aromatic nitrogens is 2. The van der Waals surface area contributed by atoms with Crippen molar-refractivity contribution in [1.29, 1.82) is 0 Å². The lowest BCUT2D eigenvalue weighted by atomic mass is 10.1. The number of hydrogen-bond acceptors (Lipinski definition) is 8. The molecule has 45 heavy (non-hydrogen) atoms. The van der Waals surface area contributed by atoms with E-state index in [4.69, 9.17) is 9.73 Å². The average Bonchev–Trinajstić information content (AvgIpc) is 3.76. The van der Waals surface area contributed by atoms with E-state index in [9.17, 15) is 13.2 Å². The molecule has 5 heterocycles. The highest BCUT2D eigenvalue weighted by Gasteiger charge is 2.32. The second-order valence-corrected chi connectivity index (χ2v) is 15.2. The molecule has 1 unspecified atom stereocenters. The second-order valence-electron chi connectivity index (χ2n) is 12.1. The maximum Gasteiger partial charge on any atom is 0.213 e. The van der Waals surface area contributed by atoms with Crippen LogP contribution in [0.25, 0.3) is 5.69 Å². The fraction of sp³-hybridized carbons (Fsp3) is 0.485. The maximum absolute atomic E-state index is 13.1. The first-order chi connectivity index (χ1) is 21.6. The lowest BCUT2D eigenvalue weighted by Crippen LogP contribution is -2.36. The molecule has 12 heteroatoms. The van der Waals surface area contributed by atoms with Crippen LogP contribution < -0.4 is 5.32 Å². The fourth-order valence-corrected chi connectivity index (χ4v) is 8.14. The van der Waals surface area contributed by atoms with Crippen LogP contribution in [0.15, 0.2) is 46.0 Å². The number of aryl methyl sites for hydroxylation is 1. The lowest BCUT2D eigenvalue weighted by molar-refractivity contribution is 0.0371. The van der Waals surface area contributed by atoms with E-state index in [1.807, 2.05) is 24.3 Å². The molecule has 1 atom stereocenters. The molecule has 2 saturated heterocycles. The first kappa shape index (κ1) is 32.1. The molecule has 1 aromatic carbocycles. The third kappa shape index (κ3) is 6.80. The summed E-state index contributed by atoms with van der Waals surface area (Å²) in [5.41, 5.74) is 8.34. The summed E-state index contributed by atoms with van der Waals surface area (Å²) in [6.45, 7) is 11.1. The van der Waals surface area contributed by atoms with Crippen molar-refractivity contribution in [1.82, 2.24) is 18.8 Å². The Morgan fingerprint density at radius 2 is 1.96 bits per heavy atom. The topological polar surface area (TPSA) is 109 Å². The molecule has 2 fully saturated rings. The minimum atomic E-state index is -3.22. The summed E-state index contributed by atoms with van der Waals surface area (Å²) < 4.78 is 34.8. The van der Waals surface area contributed by atoms with Crippen LogP contribution in [0.2, 0.25) is 0 Å². The van der Waals surface area contributed by atoms with Gasteiger partial charge in [-0.25, -0.2) is 13.4 Å². The molecule has 240 valence electrons. The molecule has 0 amide bonds. The van der Waals surface area contributed by atoms with E-state index in [-0.39, 0.29) is 17.6 Å². The molecule has 3 aliphatic heterocycles. The SMILES string of the molecule is CCS(=O)(=O)N1CCC(Nc2c(Br)cnc3c2N=C(c2cc(C)n(-c4cccc(C(=O)CCCN5CCOCC5)c4)c2C)C3)C1. The number of ketones is 1. The van der Waals surface area contributed by atoms with Crippen molar-refractivity contribution in [3.8, 4) is 5.69 Å². The number of ether oxygens (including phenoxy) is 1. The number of carbonyl (C=O) groups excluding carboxylic acids is 1.